The van der Waals surface area contributed by atoms with Crippen molar-refractivity contribution in [1.82, 2.24) is 0 Å². The Morgan fingerprint density at radius 1 is 1.37 bits per heavy atom. The summed E-state index contributed by atoms with van der Waals surface area (Å²) in [6, 6.07) is 6.95. The van der Waals surface area contributed by atoms with Crippen molar-refractivity contribution in [1.29, 1.82) is 0 Å². The minimum absolute atomic E-state index is 0.227. The molecule has 0 amide bonds. The zero-order chi connectivity index (χ0) is 14.3. The number of alkyl halides is 2. The van der Waals surface area contributed by atoms with E-state index in [9.17, 15) is 9.90 Å². The van der Waals surface area contributed by atoms with E-state index in [1.54, 1.807) is 24.3 Å². The molecule has 5 heteroatoms. The van der Waals surface area contributed by atoms with Crippen molar-refractivity contribution in [2.24, 2.45) is 5.92 Å². The summed E-state index contributed by atoms with van der Waals surface area (Å²) in [6.45, 7) is 4.75. The van der Waals surface area contributed by atoms with E-state index in [1.165, 1.54) is 0 Å². The van der Waals surface area contributed by atoms with E-state index in [-0.39, 0.29) is 6.42 Å². The number of carbonyl (C=O) groups is 1. The van der Waals surface area contributed by atoms with Crippen LogP contribution in [0.15, 0.2) is 24.3 Å². The van der Waals surface area contributed by atoms with Crippen LogP contribution in [-0.4, -0.2) is 22.0 Å². The minimum atomic E-state index is -1.22. The first-order valence-corrected chi connectivity index (χ1v) is 6.90. The van der Waals surface area contributed by atoms with Gasteiger partial charge in [-0.15, -0.1) is 0 Å². The Kier molecular flexibility index (Phi) is 3.72. The summed E-state index contributed by atoms with van der Waals surface area (Å²) in [4.78, 5) is 11.4. The second kappa shape index (κ2) is 4.88. The van der Waals surface area contributed by atoms with Gasteiger partial charge in [0, 0.05) is 6.42 Å². The fraction of sp³-hybridized carbons (Fsp3) is 0.500. The third kappa shape index (κ3) is 2.54. The third-order valence-electron chi connectivity index (χ3n) is 3.28. The van der Waals surface area contributed by atoms with E-state index in [0.29, 0.717) is 23.8 Å². The lowest BCUT2D eigenvalue weighted by Crippen LogP contribution is -2.26. The number of halogens is 2. The summed E-state index contributed by atoms with van der Waals surface area (Å²) in [5, 5.41) is 9.34. The molecule has 0 heterocycles. The van der Waals surface area contributed by atoms with Crippen LogP contribution in [0.3, 0.4) is 0 Å². The Morgan fingerprint density at radius 3 is 2.26 bits per heavy atom. The third-order valence-corrected chi connectivity index (χ3v) is 4.19. The fourth-order valence-electron chi connectivity index (χ4n) is 2.06. The molecule has 19 heavy (non-hydrogen) atoms. The lowest BCUT2D eigenvalue weighted by atomic mass is 9.96. The molecule has 1 atom stereocenters. The van der Waals surface area contributed by atoms with E-state index < -0.39 is 15.7 Å². The highest BCUT2D eigenvalue weighted by molar-refractivity contribution is 6.54. The van der Waals surface area contributed by atoms with Crippen LogP contribution in [0.25, 0.3) is 0 Å². The van der Waals surface area contributed by atoms with Crippen molar-refractivity contribution in [3.63, 3.8) is 0 Å². The van der Waals surface area contributed by atoms with Gasteiger partial charge in [-0.1, -0.05) is 49.2 Å². The molecule has 1 aliphatic rings. The van der Waals surface area contributed by atoms with E-state index in [0.717, 1.165) is 0 Å². The molecule has 2 rings (SSSR count). The average Bonchev–Trinajstić information content (AvgIpc) is 2.92. The van der Waals surface area contributed by atoms with Gasteiger partial charge in [0.1, 0.15) is 15.5 Å². The van der Waals surface area contributed by atoms with Crippen molar-refractivity contribution in [2.75, 3.05) is 6.61 Å². The molecule has 1 fully saturated rings. The molecule has 0 radical (unpaired) electrons. The molecule has 1 N–H and O–H groups in total. The molecule has 0 aromatic heterocycles. The molecule has 1 unspecified atom stereocenters. The lowest BCUT2D eigenvalue weighted by molar-refractivity contribution is -0.140. The summed E-state index contributed by atoms with van der Waals surface area (Å²) in [6.07, 6.45) is 0.227. The van der Waals surface area contributed by atoms with Gasteiger partial charge >= 0.3 is 5.97 Å². The summed E-state index contributed by atoms with van der Waals surface area (Å²) >= 11 is 12.0. The lowest BCUT2D eigenvalue weighted by Gasteiger charge is -2.14. The Hall–Kier alpha value is -0.930. The number of hydrogen-bond acceptors (Lipinski definition) is 2. The second-order valence-corrected chi connectivity index (χ2v) is 6.80. The second-order valence-electron chi connectivity index (χ2n) is 5.32. The SMILES string of the molecule is CC(C)COc1ccc(C2(C(=O)O)CC2(Cl)Cl)cc1. The maximum Gasteiger partial charge on any atom is 0.317 e. The molecular formula is C14H16Cl2O3. The highest BCUT2D eigenvalue weighted by atomic mass is 35.5. The van der Waals surface area contributed by atoms with Gasteiger partial charge in [0.25, 0.3) is 0 Å². The monoisotopic (exact) mass is 302 g/mol. The Balaban J connectivity index is 2.17. The van der Waals surface area contributed by atoms with Gasteiger partial charge < -0.3 is 9.84 Å². The van der Waals surface area contributed by atoms with Crippen LogP contribution >= 0.6 is 23.2 Å². The highest BCUT2D eigenvalue weighted by Gasteiger charge is 2.72. The number of ether oxygens (including phenoxy) is 1. The molecule has 0 saturated heterocycles. The molecular weight excluding hydrogens is 287 g/mol. The van der Waals surface area contributed by atoms with Gasteiger partial charge in [0.05, 0.1) is 6.61 Å². The van der Waals surface area contributed by atoms with Gasteiger partial charge in [-0.2, -0.15) is 0 Å². The zero-order valence-electron chi connectivity index (χ0n) is 10.8. The van der Waals surface area contributed by atoms with Crippen LogP contribution in [0.4, 0.5) is 0 Å². The van der Waals surface area contributed by atoms with Crippen molar-refractivity contribution >= 4 is 29.2 Å². The number of benzene rings is 1. The predicted molar refractivity (Wildman–Crippen MR) is 75.1 cm³/mol. The maximum atomic E-state index is 11.4. The summed E-state index contributed by atoms with van der Waals surface area (Å²) < 4.78 is 4.33. The van der Waals surface area contributed by atoms with Gasteiger partial charge in [-0.25, -0.2) is 0 Å². The van der Waals surface area contributed by atoms with Crippen molar-refractivity contribution in [2.45, 2.75) is 30.0 Å². The Labute approximate surface area is 122 Å². The van der Waals surface area contributed by atoms with Crippen molar-refractivity contribution < 1.29 is 14.6 Å². The quantitative estimate of drug-likeness (QED) is 0.845. The number of rotatable bonds is 5. The van der Waals surface area contributed by atoms with Gasteiger partial charge in [-0.3, -0.25) is 4.79 Å². The largest absolute Gasteiger partial charge is 0.493 e. The maximum absolute atomic E-state index is 11.4. The number of aliphatic carboxylic acids is 1. The predicted octanol–water partition coefficient (Wildman–Crippen LogP) is 3.62. The topological polar surface area (TPSA) is 46.5 Å². The molecule has 104 valence electrons. The number of carboxylic acid groups (broad SMARTS) is 1. The summed E-state index contributed by atoms with van der Waals surface area (Å²) in [5.41, 5.74) is -0.575. The van der Waals surface area contributed by atoms with Crippen LogP contribution in [0.5, 0.6) is 5.75 Å². The molecule has 3 nitrogen and oxygen atoms in total. The number of hydrogen-bond donors (Lipinski definition) is 1. The molecule has 0 spiro atoms. The van der Waals surface area contributed by atoms with E-state index in [2.05, 4.69) is 13.8 Å². The molecule has 1 saturated carbocycles. The summed E-state index contributed by atoms with van der Waals surface area (Å²) in [5.74, 6) is 0.161. The van der Waals surface area contributed by atoms with E-state index in [4.69, 9.17) is 27.9 Å². The average molecular weight is 303 g/mol. The minimum Gasteiger partial charge on any atom is -0.493 e. The molecule has 0 aliphatic heterocycles. The Morgan fingerprint density at radius 2 is 1.89 bits per heavy atom. The van der Waals surface area contributed by atoms with E-state index >= 15 is 0 Å². The van der Waals surface area contributed by atoms with Crippen LogP contribution in [0.1, 0.15) is 25.8 Å². The first kappa shape index (κ1) is 14.5. The van der Waals surface area contributed by atoms with E-state index in [1.807, 2.05) is 0 Å². The van der Waals surface area contributed by atoms with Gasteiger partial charge in [-0.05, 0) is 23.6 Å². The fourth-order valence-corrected chi connectivity index (χ4v) is 2.84. The van der Waals surface area contributed by atoms with Crippen LogP contribution in [0, 0.1) is 5.92 Å². The zero-order valence-corrected chi connectivity index (χ0v) is 12.3. The molecule has 0 bridgehead atoms. The Bertz CT molecular complexity index is 482. The smallest absolute Gasteiger partial charge is 0.317 e. The van der Waals surface area contributed by atoms with Crippen molar-refractivity contribution in [3.05, 3.63) is 29.8 Å². The molecule has 1 aromatic carbocycles. The first-order valence-electron chi connectivity index (χ1n) is 6.14. The van der Waals surface area contributed by atoms with Gasteiger partial charge in [0.15, 0.2) is 0 Å². The van der Waals surface area contributed by atoms with Crippen LogP contribution in [-0.2, 0) is 10.2 Å². The summed E-state index contributed by atoms with van der Waals surface area (Å²) in [7, 11) is 0. The van der Waals surface area contributed by atoms with Crippen LogP contribution in [0.2, 0.25) is 0 Å². The van der Waals surface area contributed by atoms with Crippen LogP contribution < -0.4 is 4.74 Å². The highest BCUT2D eigenvalue weighted by Crippen LogP contribution is 2.65. The normalized spacial score (nSPS) is 24.3. The van der Waals surface area contributed by atoms with Crippen molar-refractivity contribution in [3.8, 4) is 5.75 Å². The molecule has 1 aromatic rings. The number of carboxylic acids is 1. The van der Waals surface area contributed by atoms with Gasteiger partial charge in [0.2, 0.25) is 0 Å². The standard InChI is InChI=1S/C14H16Cl2O3/c1-9(2)7-19-11-5-3-10(4-6-11)13(12(17)18)8-14(13,15)16/h3-6,9H,7-8H2,1-2H3,(H,17,18). The first-order chi connectivity index (χ1) is 8.79. The molecule has 1 aliphatic carbocycles.